The van der Waals surface area contributed by atoms with Crippen molar-refractivity contribution in [2.75, 3.05) is 0 Å². The molecule has 1 aromatic carbocycles. The second kappa shape index (κ2) is 5.36. The highest BCUT2D eigenvalue weighted by Crippen LogP contribution is 2.30. The molecular formula is C13H16N2OS. The summed E-state index contributed by atoms with van der Waals surface area (Å²) in [6, 6.07) is 8.43. The van der Waals surface area contributed by atoms with Crippen LogP contribution in [0, 0.1) is 13.8 Å². The largest absolute Gasteiger partial charge is 0.338 e. The van der Waals surface area contributed by atoms with E-state index in [9.17, 15) is 0 Å². The summed E-state index contributed by atoms with van der Waals surface area (Å²) in [7, 11) is 0. The Morgan fingerprint density at radius 2 is 2.06 bits per heavy atom. The molecule has 0 unspecified atom stereocenters. The van der Waals surface area contributed by atoms with Gasteiger partial charge in [-0.3, -0.25) is 0 Å². The number of hydrogen-bond acceptors (Lipinski definition) is 4. The van der Waals surface area contributed by atoms with Crippen molar-refractivity contribution in [1.82, 2.24) is 10.1 Å². The lowest BCUT2D eigenvalue weighted by Gasteiger charge is -2.08. The molecule has 0 saturated heterocycles. The molecule has 0 aliphatic heterocycles. The standard InChI is InChI=1S/C13H16N2OS/c1-9-6-4-5-7-12(9)8-17-10(2)13-14-11(3)15-16-13/h4-7,10H,8H2,1-3H3/t10-/m0/s1. The first-order valence-electron chi connectivity index (χ1n) is 5.63. The number of aromatic nitrogens is 2. The van der Waals surface area contributed by atoms with Crippen LogP contribution >= 0.6 is 11.8 Å². The molecule has 0 amide bonds. The maximum atomic E-state index is 5.16. The third kappa shape index (κ3) is 3.09. The summed E-state index contributed by atoms with van der Waals surface area (Å²) in [5, 5.41) is 4.04. The zero-order valence-electron chi connectivity index (χ0n) is 10.3. The first-order valence-corrected chi connectivity index (χ1v) is 6.68. The van der Waals surface area contributed by atoms with Crippen molar-refractivity contribution in [2.45, 2.75) is 31.8 Å². The summed E-state index contributed by atoms with van der Waals surface area (Å²) in [6.07, 6.45) is 0. The molecular weight excluding hydrogens is 232 g/mol. The Hall–Kier alpha value is -1.29. The van der Waals surface area contributed by atoms with E-state index in [4.69, 9.17) is 4.52 Å². The summed E-state index contributed by atoms with van der Waals surface area (Å²) < 4.78 is 5.16. The molecule has 0 radical (unpaired) electrons. The molecule has 3 nitrogen and oxygen atoms in total. The lowest BCUT2D eigenvalue weighted by molar-refractivity contribution is 0.376. The van der Waals surface area contributed by atoms with Crippen LogP contribution in [0.4, 0.5) is 0 Å². The van der Waals surface area contributed by atoms with Crippen LogP contribution in [0.3, 0.4) is 0 Å². The molecule has 2 rings (SSSR count). The molecule has 0 spiro atoms. The number of hydrogen-bond donors (Lipinski definition) is 0. The van der Waals surface area contributed by atoms with E-state index >= 15 is 0 Å². The van der Waals surface area contributed by atoms with Crippen molar-refractivity contribution in [3.8, 4) is 0 Å². The van der Waals surface area contributed by atoms with Crippen molar-refractivity contribution in [3.63, 3.8) is 0 Å². The Bertz CT molecular complexity index is 496. The Kier molecular flexibility index (Phi) is 3.84. The van der Waals surface area contributed by atoms with E-state index in [0.29, 0.717) is 11.7 Å². The third-order valence-corrected chi connectivity index (χ3v) is 3.82. The molecule has 0 bridgehead atoms. The van der Waals surface area contributed by atoms with Crippen molar-refractivity contribution >= 4 is 11.8 Å². The number of aryl methyl sites for hydroxylation is 2. The molecule has 0 N–H and O–H groups in total. The Labute approximate surface area is 106 Å². The molecule has 2 aromatic rings. The molecule has 1 aromatic heterocycles. The van der Waals surface area contributed by atoms with Crippen LogP contribution in [0.1, 0.15) is 35.0 Å². The lowest BCUT2D eigenvalue weighted by atomic mass is 10.1. The molecule has 1 heterocycles. The monoisotopic (exact) mass is 248 g/mol. The summed E-state index contributed by atoms with van der Waals surface area (Å²) in [5.41, 5.74) is 2.69. The van der Waals surface area contributed by atoms with Crippen LogP contribution in [-0.4, -0.2) is 10.1 Å². The molecule has 0 aliphatic carbocycles. The number of rotatable bonds is 4. The smallest absolute Gasteiger partial charge is 0.239 e. The van der Waals surface area contributed by atoms with E-state index in [1.54, 1.807) is 0 Å². The lowest BCUT2D eigenvalue weighted by Crippen LogP contribution is -1.92. The topological polar surface area (TPSA) is 38.9 Å². The van der Waals surface area contributed by atoms with Crippen LogP contribution in [0.2, 0.25) is 0 Å². The molecule has 0 fully saturated rings. The van der Waals surface area contributed by atoms with Crippen molar-refractivity contribution in [1.29, 1.82) is 0 Å². The fraction of sp³-hybridized carbons (Fsp3) is 0.385. The van der Waals surface area contributed by atoms with E-state index in [1.807, 2.05) is 18.7 Å². The quantitative estimate of drug-likeness (QED) is 0.827. The third-order valence-electron chi connectivity index (χ3n) is 2.64. The predicted molar refractivity (Wildman–Crippen MR) is 69.9 cm³/mol. The Morgan fingerprint density at radius 1 is 1.29 bits per heavy atom. The van der Waals surface area contributed by atoms with Crippen molar-refractivity contribution in [2.24, 2.45) is 0 Å². The predicted octanol–water partition coefficient (Wildman–Crippen LogP) is 3.68. The van der Waals surface area contributed by atoms with E-state index < -0.39 is 0 Å². The van der Waals surface area contributed by atoms with Gasteiger partial charge in [0.15, 0.2) is 5.82 Å². The van der Waals surface area contributed by atoms with Gasteiger partial charge in [-0.05, 0) is 31.9 Å². The Morgan fingerprint density at radius 3 is 2.71 bits per heavy atom. The van der Waals surface area contributed by atoms with Gasteiger partial charge >= 0.3 is 0 Å². The maximum absolute atomic E-state index is 5.16. The van der Waals surface area contributed by atoms with Crippen LogP contribution in [0.5, 0.6) is 0 Å². The SMILES string of the molecule is Cc1noc([C@H](C)SCc2ccccc2C)n1. The maximum Gasteiger partial charge on any atom is 0.239 e. The van der Waals surface area contributed by atoms with Gasteiger partial charge in [0.2, 0.25) is 5.89 Å². The minimum absolute atomic E-state index is 0.232. The average Bonchev–Trinajstić information content (AvgIpc) is 2.74. The summed E-state index contributed by atoms with van der Waals surface area (Å²) in [4.78, 5) is 4.25. The van der Waals surface area contributed by atoms with E-state index in [2.05, 4.69) is 48.3 Å². The second-order valence-electron chi connectivity index (χ2n) is 4.06. The normalized spacial score (nSPS) is 12.6. The van der Waals surface area contributed by atoms with Crippen LogP contribution in [-0.2, 0) is 5.75 Å². The van der Waals surface area contributed by atoms with Crippen molar-refractivity contribution in [3.05, 3.63) is 47.1 Å². The number of nitrogens with zero attached hydrogens (tertiary/aromatic N) is 2. The second-order valence-corrected chi connectivity index (χ2v) is 5.39. The fourth-order valence-corrected chi connectivity index (χ4v) is 2.53. The van der Waals surface area contributed by atoms with Crippen LogP contribution in [0.15, 0.2) is 28.8 Å². The van der Waals surface area contributed by atoms with Crippen LogP contribution in [0.25, 0.3) is 0 Å². The number of benzene rings is 1. The fourth-order valence-electron chi connectivity index (χ4n) is 1.54. The molecule has 90 valence electrons. The van der Waals surface area contributed by atoms with Crippen LogP contribution < -0.4 is 0 Å². The average molecular weight is 248 g/mol. The molecule has 4 heteroatoms. The highest BCUT2D eigenvalue weighted by Gasteiger charge is 2.13. The van der Waals surface area contributed by atoms with E-state index in [0.717, 1.165) is 5.75 Å². The van der Waals surface area contributed by atoms with Gasteiger partial charge in [-0.2, -0.15) is 4.98 Å². The minimum atomic E-state index is 0.232. The van der Waals surface area contributed by atoms with Gasteiger partial charge in [0.25, 0.3) is 0 Å². The zero-order valence-corrected chi connectivity index (χ0v) is 11.1. The van der Waals surface area contributed by atoms with E-state index in [1.165, 1.54) is 11.1 Å². The van der Waals surface area contributed by atoms with Gasteiger partial charge in [-0.15, -0.1) is 11.8 Å². The van der Waals surface area contributed by atoms with Gasteiger partial charge in [-0.1, -0.05) is 29.4 Å². The zero-order chi connectivity index (χ0) is 12.3. The summed E-state index contributed by atoms with van der Waals surface area (Å²) in [6.45, 7) is 6.07. The highest BCUT2D eigenvalue weighted by atomic mass is 32.2. The Balaban J connectivity index is 1.97. The minimum Gasteiger partial charge on any atom is -0.338 e. The molecule has 1 atom stereocenters. The van der Waals surface area contributed by atoms with Crippen molar-refractivity contribution < 1.29 is 4.52 Å². The number of thioether (sulfide) groups is 1. The molecule has 0 aliphatic rings. The molecule has 17 heavy (non-hydrogen) atoms. The summed E-state index contributed by atoms with van der Waals surface area (Å²) in [5.74, 6) is 2.37. The first kappa shape index (κ1) is 12.2. The molecule has 0 saturated carbocycles. The van der Waals surface area contributed by atoms with E-state index in [-0.39, 0.29) is 5.25 Å². The first-order chi connectivity index (χ1) is 8.16. The van der Waals surface area contributed by atoms with Gasteiger partial charge in [0.05, 0.1) is 5.25 Å². The van der Waals surface area contributed by atoms with Gasteiger partial charge in [0.1, 0.15) is 0 Å². The van der Waals surface area contributed by atoms with Gasteiger partial charge < -0.3 is 4.52 Å². The van der Waals surface area contributed by atoms with Gasteiger partial charge in [-0.25, -0.2) is 0 Å². The summed E-state index contributed by atoms with van der Waals surface area (Å²) >= 11 is 1.81. The van der Waals surface area contributed by atoms with Gasteiger partial charge in [0, 0.05) is 5.75 Å². The highest BCUT2D eigenvalue weighted by molar-refractivity contribution is 7.98.